The molecule has 0 atom stereocenters. The lowest BCUT2D eigenvalue weighted by Gasteiger charge is -2.28. The first-order chi connectivity index (χ1) is 7.65. The molecular weight excluding hydrogens is 212 g/mol. The summed E-state index contributed by atoms with van der Waals surface area (Å²) in [6.45, 7) is 0.365. The van der Waals surface area contributed by atoms with Crippen LogP contribution in [0, 0.1) is 11.6 Å². The quantitative estimate of drug-likeness (QED) is 0.861. The van der Waals surface area contributed by atoms with Crippen molar-refractivity contribution in [2.75, 3.05) is 6.54 Å². The van der Waals surface area contributed by atoms with Crippen molar-refractivity contribution in [3.05, 3.63) is 29.8 Å². The molecule has 1 aromatic rings. The van der Waals surface area contributed by atoms with E-state index in [-0.39, 0.29) is 5.75 Å². The van der Waals surface area contributed by atoms with Crippen molar-refractivity contribution in [3.8, 4) is 5.75 Å². The number of ether oxygens (including phenoxy) is 1. The fraction of sp³-hybridized carbons (Fsp3) is 0.500. The summed E-state index contributed by atoms with van der Waals surface area (Å²) in [6, 6.07) is 3.34. The van der Waals surface area contributed by atoms with E-state index in [1.807, 2.05) is 0 Å². The molecule has 88 valence electrons. The van der Waals surface area contributed by atoms with Gasteiger partial charge in [0.1, 0.15) is 11.4 Å². The number of halogens is 2. The van der Waals surface area contributed by atoms with Gasteiger partial charge in [0, 0.05) is 12.6 Å². The molecule has 0 amide bonds. The molecule has 2 rings (SSSR count). The summed E-state index contributed by atoms with van der Waals surface area (Å²) in [4.78, 5) is 0. The molecule has 1 fully saturated rings. The average molecular weight is 227 g/mol. The first-order valence-corrected chi connectivity index (χ1v) is 5.49. The van der Waals surface area contributed by atoms with Crippen molar-refractivity contribution in [1.29, 1.82) is 0 Å². The van der Waals surface area contributed by atoms with E-state index in [9.17, 15) is 8.78 Å². The molecule has 1 saturated carbocycles. The number of benzene rings is 1. The van der Waals surface area contributed by atoms with Crippen LogP contribution in [0.5, 0.6) is 5.75 Å². The van der Waals surface area contributed by atoms with Crippen LogP contribution in [0.15, 0.2) is 18.2 Å². The van der Waals surface area contributed by atoms with E-state index >= 15 is 0 Å². The zero-order valence-corrected chi connectivity index (χ0v) is 9.01. The van der Waals surface area contributed by atoms with Crippen molar-refractivity contribution in [3.63, 3.8) is 0 Å². The first-order valence-electron chi connectivity index (χ1n) is 5.49. The fourth-order valence-corrected chi connectivity index (χ4v) is 2.16. The van der Waals surface area contributed by atoms with Gasteiger partial charge in [-0.25, -0.2) is 8.78 Å². The Morgan fingerprint density at radius 3 is 2.50 bits per heavy atom. The zero-order valence-electron chi connectivity index (χ0n) is 9.01. The third-order valence-electron chi connectivity index (χ3n) is 3.11. The molecular formula is C12H15F2NO. The van der Waals surface area contributed by atoms with Gasteiger partial charge in [-0.05, 0) is 37.8 Å². The van der Waals surface area contributed by atoms with Crippen LogP contribution in [0.4, 0.5) is 8.78 Å². The molecule has 1 aliphatic carbocycles. The van der Waals surface area contributed by atoms with E-state index in [0.29, 0.717) is 6.54 Å². The van der Waals surface area contributed by atoms with Gasteiger partial charge in [-0.3, -0.25) is 0 Å². The highest BCUT2D eigenvalue weighted by Gasteiger charge is 2.35. The normalized spacial score (nSPS) is 18.7. The van der Waals surface area contributed by atoms with Gasteiger partial charge in [0.25, 0.3) is 0 Å². The Kier molecular flexibility index (Phi) is 3.10. The Balaban J connectivity index is 2.19. The molecule has 0 aromatic heterocycles. The smallest absolute Gasteiger partial charge is 0.168 e. The van der Waals surface area contributed by atoms with Gasteiger partial charge < -0.3 is 10.5 Å². The molecule has 0 bridgehead atoms. The summed E-state index contributed by atoms with van der Waals surface area (Å²) < 4.78 is 31.8. The summed E-state index contributed by atoms with van der Waals surface area (Å²) in [5.74, 6) is -1.17. The molecule has 2 N–H and O–H groups in total. The minimum atomic E-state index is -0.667. The number of hydrogen-bond acceptors (Lipinski definition) is 2. The third kappa shape index (κ3) is 2.16. The van der Waals surface area contributed by atoms with E-state index in [2.05, 4.69) is 0 Å². The van der Waals surface area contributed by atoms with E-state index in [1.165, 1.54) is 12.1 Å². The Hall–Kier alpha value is -1.16. The molecule has 2 nitrogen and oxygen atoms in total. The second kappa shape index (κ2) is 4.37. The maximum atomic E-state index is 13.4. The van der Waals surface area contributed by atoms with Crippen molar-refractivity contribution in [1.82, 2.24) is 0 Å². The Morgan fingerprint density at radius 1 is 1.25 bits per heavy atom. The molecule has 16 heavy (non-hydrogen) atoms. The van der Waals surface area contributed by atoms with E-state index < -0.39 is 17.2 Å². The predicted octanol–water partition coefficient (Wildman–Crippen LogP) is 2.62. The monoisotopic (exact) mass is 227 g/mol. The standard InChI is InChI=1S/C12H15F2NO/c13-9-3-4-11(10(14)7-9)16-12(8-15)5-1-2-6-12/h3-4,7H,1-2,5-6,8,15H2. The minimum absolute atomic E-state index is 0.0914. The lowest BCUT2D eigenvalue weighted by Crippen LogP contribution is -2.41. The SMILES string of the molecule is NCC1(Oc2ccc(F)cc2F)CCCC1. The highest BCUT2D eigenvalue weighted by Crippen LogP contribution is 2.34. The van der Waals surface area contributed by atoms with Gasteiger partial charge in [0.2, 0.25) is 0 Å². The van der Waals surface area contributed by atoms with E-state index in [0.717, 1.165) is 31.7 Å². The maximum absolute atomic E-state index is 13.4. The van der Waals surface area contributed by atoms with Crippen LogP contribution in [-0.2, 0) is 0 Å². The maximum Gasteiger partial charge on any atom is 0.168 e. The molecule has 0 unspecified atom stereocenters. The van der Waals surface area contributed by atoms with Gasteiger partial charge in [-0.15, -0.1) is 0 Å². The molecule has 0 aliphatic heterocycles. The summed E-state index contributed by atoms with van der Waals surface area (Å²) in [5.41, 5.74) is 5.22. The van der Waals surface area contributed by atoms with Gasteiger partial charge in [0.05, 0.1) is 0 Å². The van der Waals surface area contributed by atoms with E-state index in [1.54, 1.807) is 0 Å². The molecule has 1 aromatic carbocycles. The van der Waals surface area contributed by atoms with E-state index in [4.69, 9.17) is 10.5 Å². The summed E-state index contributed by atoms with van der Waals surface area (Å²) >= 11 is 0. The molecule has 4 heteroatoms. The van der Waals surface area contributed by atoms with Crippen LogP contribution in [0.1, 0.15) is 25.7 Å². The highest BCUT2D eigenvalue weighted by atomic mass is 19.1. The number of rotatable bonds is 3. The van der Waals surface area contributed by atoms with Crippen molar-refractivity contribution >= 4 is 0 Å². The van der Waals surface area contributed by atoms with Crippen LogP contribution < -0.4 is 10.5 Å². The lowest BCUT2D eigenvalue weighted by atomic mass is 10.0. The third-order valence-corrected chi connectivity index (χ3v) is 3.11. The second-order valence-corrected chi connectivity index (χ2v) is 4.27. The lowest BCUT2D eigenvalue weighted by molar-refractivity contribution is 0.0800. The van der Waals surface area contributed by atoms with Crippen LogP contribution in [0.3, 0.4) is 0 Å². The molecule has 0 heterocycles. The van der Waals surface area contributed by atoms with Crippen LogP contribution in [0.2, 0.25) is 0 Å². The van der Waals surface area contributed by atoms with Gasteiger partial charge >= 0.3 is 0 Å². The second-order valence-electron chi connectivity index (χ2n) is 4.27. The zero-order chi connectivity index (χ0) is 11.6. The average Bonchev–Trinajstić information content (AvgIpc) is 2.72. The molecule has 0 spiro atoms. The van der Waals surface area contributed by atoms with Gasteiger partial charge in [0.15, 0.2) is 11.6 Å². The van der Waals surface area contributed by atoms with Crippen LogP contribution in [-0.4, -0.2) is 12.1 Å². The van der Waals surface area contributed by atoms with Crippen molar-refractivity contribution in [2.45, 2.75) is 31.3 Å². The molecule has 0 radical (unpaired) electrons. The van der Waals surface area contributed by atoms with Gasteiger partial charge in [-0.2, -0.15) is 0 Å². The summed E-state index contributed by atoms with van der Waals surface area (Å²) in [7, 11) is 0. The Labute approximate surface area is 93.4 Å². The highest BCUT2D eigenvalue weighted by molar-refractivity contribution is 5.25. The van der Waals surface area contributed by atoms with Crippen molar-refractivity contribution < 1.29 is 13.5 Å². The topological polar surface area (TPSA) is 35.2 Å². The predicted molar refractivity (Wildman–Crippen MR) is 57.2 cm³/mol. The summed E-state index contributed by atoms with van der Waals surface area (Å²) in [5, 5.41) is 0. The fourth-order valence-electron chi connectivity index (χ4n) is 2.16. The van der Waals surface area contributed by atoms with Crippen LogP contribution in [0.25, 0.3) is 0 Å². The van der Waals surface area contributed by atoms with Crippen molar-refractivity contribution in [2.24, 2.45) is 5.73 Å². The Bertz CT molecular complexity index is 375. The first kappa shape index (κ1) is 11.3. The minimum Gasteiger partial charge on any atom is -0.483 e. The molecule has 1 aliphatic rings. The number of hydrogen-bond donors (Lipinski definition) is 1. The largest absolute Gasteiger partial charge is 0.483 e. The Morgan fingerprint density at radius 2 is 1.94 bits per heavy atom. The number of nitrogens with two attached hydrogens (primary N) is 1. The summed E-state index contributed by atoms with van der Waals surface area (Å²) in [6.07, 6.45) is 3.75. The van der Waals surface area contributed by atoms with Gasteiger partial charge in [-0.1, -0.05) is 0 Å². The van der Waals surface area contributed by atoms with Crippen LogP contribution >= 0.6 is 0 Å². The molecule has 0 saturated heterocycles.